The van der Waals surface area contributed by atoms with Crippen molar-refractivity contribution >= 4 is 31.8 Å². The molecule has 0 saturated carbocycles. The van der Waals surface area contributed by atoms with Gasteiger partial charge in [0.2, 0.25) is 0 Å². The molecule has 1 aromatic carbocycles. The monoisotopic (exact) mass is 326 g/mol. The van der Waals surface area contributed by atoms with E-state index < -0.39 is 7.67 Å². The topological polar surface area (TPSA) is 93.8 Å². The Bertz CT molecular complexity index is 688. The number of nitrogens with one attached hydrogen (secondary N) is 1. The fourth-order valence-electron chi connectivity index (χ4n) is 1.30. The molecule has 1 unspecified atom stereocenters. The van der Waals surface area contributed by atoms with Gasteiger partial charge in [0.05, 0.1) is 5.02 Å². The lowest BCUT2D eigenvalue weighted by Crippen LogP contribution is -2.16. The lowest BCUT2D eigenvalue weighted by Gasteiger charge is -2.17. The van der Waals surface area contributed by atoms with Crippen molar-refractivity contribution in [3.05, 3.63) is 41.9 Å². The first kappa shape index (κ1) is 15.2. The number of rotatable bonds is 6. The van der Waals surface area contributed by atoms with Gasteiger partial charge in [0.25, 0.3) is 0 Å². The molecular formula is C11H12ClN6O2P. The molecule has 0 bridgehead atoms. The summed E-state index contributed by atoms with van der Waals surface area (Å²) in [4.78, 5) is 7.50. The molecule has 0 spiro atoms. The van der Waals surface area contributed by atoms with E-state index in [9.17, 15) is 4.57 Å². The van der Waals surface area contributed by atoms with E-state index in [1.54, 1.807) is 31.2 Å². The molecule has 10 heteroatoms. The molecule has 0 aliphatic heterocycles. The van der Waals surface area contributed by atoms with Crippen LogP contribution in [0.1, 0.15) is 6.92 Å². The number of hydrogen-bond acceptors (Lipinski definition) is 5. The molecule has 8 nitrogen and oxygen atoms in total. The van der Waals surface area contributed by atoms with Gasteiger partial charge in [0.1, 0.15) is 24.7 Å². The zero-order chi connectivity index (χ0) is 15.1. The lowest BCUT2D eigenvalue weighted by atomic mass is 10.3. The van der Waals surface area contributed by atoms with Crippen molar-refractivity contribution in [2.75, 3.05) is 0 Å². The van der Waals surface area contributed by atoms with Gasteiger partial charge in [-0.1, -0.05) is 23.7 Å². The van der Waals surface area contributed by atoms with Crippen LogP contribution in [-0.4, -0.2) is 27.1 Å². The van der Waals surface area contributed by atoms with Crippen LogP contribution in [0.3, 0.4) is 0 Å². The van der Waals surface area contributed by atoms with Crippen LogP contribution in [0.25, 0.3) is 0 Å². The third kappa shape index (κ3) is 3.90. The average molecular weight is 327 g/mol. The first-order chi connectivity index (χ1) is 10.2. The zero-order valence-corrected chi connectivity index (χ0v) is 12.6. The Hall–Kier alpha value is -2.18. The van der Waals surface area contributed by atoms with Crippen molar-refractivity contribution in [2.45, 2.75) is 6.92 Å². The summed E-state index contributed by atoms with van der Waals surface area (Å²) in [5.41, 5.74) is 0. The molecule has 0 amide bonds. The number of aliphatic imine (C=N–C) groups is 1. The molecule has 2 rings (SSSR count). The largest absolute Gasteiger partial charge is 0.483 e. The summed E-state index contributed by atoms with van der Waals surface area (Å²) < 4.78 is 19.4. The molecule has 0 saturated heterocycles. The molecular weight excluding hydrogens is 315 g/mol. The standard InChI is InChI=1S/C11H12ClN6O2P/c1-2-13-7-15-17-21(19,18-9-14-8-16-18)20-11-6-4-3-5-10(11)12/h2-9H,1H3,(H,17,19)/b13-2-,15-7-. The van der Waals surface area contributed by atoms with Crippen molar-refractivity contribution in [1.29, 1.82) is 0 Å². The first-order valence-electron chi connectivity index (χ1n) is 5.82. The highest BCUT2D eigenvalue weighted by molar-refractivity contribution is 7.55. The van der Waals surface area contributed by atoms with Crippen molar-refractivity contribution in [1.82, 2.24) is 19.7 Å². The molecule has 0 aliphatic carbocycles. The van der Waals surface area contributed by atoms with E-state index in [-0.39, 0.29) is 5.75 Å². The maximum absolute atomic E-state index is 12.9. The Morgan fingerprint density at radius 3 is 2.95 bits per heavy atom. The van der Waals surface area contributed by atoms with Crippen LogP contribution >= 0.6 is 19.3 Å². The van der Waals surface area contributed by atoms with E-state index in [0.717, 1.165) is 4.45 Å². The number of halogens is 1. The second-order valence-electron chi connectivity index (χ2n) is 3.61. The minimum atomic E-state index is -3.68. The number of benzene rings is 1. The Labute approximate surface area is 126 Å². The number of nitrogens with zero attached hydrogens (tertiary/aromatic N) is 5. The number of hydrogen-bond donors (Lipinski definition) is 1. The Morgan fingerprint density at radius 1 is 1.48 bits per heavy atom. The second kappa shape index (κ2) is 7.01. The Kier molecular flexibility index (Phi) is 5.08. The minimum Gasteiger partial charge on any atom is -0.410 e. The zero-order valence-electron chi connectivity index (χ0n) is 11.0. The first-order valence-corrected chi connectivity index (χ1v) is 7.77. The molecule has 0 aliphatic rings. The molecule has 110 valence electrons. The van der Waals surface area contributed by atoms with Crippen LogP contribution in [0.2, 0.25) is 5.02 Å². The van der Waals surface area contributed by atoms with E-state index >= 15 is 0 Å². The van der Waals surface area contributed by atoms with Gasteiger partial charge in [-0.25, -0.2) is 19.7 Å². The molecule has 2 aromatic rings. The third-order valence-corrected chi connectivity index (χ3v) is 4.06. The van der Waals surface area contributed by atoms with E-state index in [1.807, 2.05) is 0 Å². The molecule has 1 atom stereocenters. The highest BCUT2D eigenvalue weighted by Crippen LogP contribution is 2.45. The van der Waals surface area contributed by atoms with Crippen LogP contribution in [0.5, 0.6) is 5.75 Å². The van der Waals surface area contributed by atoms with Crippen LogP contribution in [0, 0.1) is 0 Å². The Balaban J connectivity index is 2.29. The smallest absolute Gasteiger partial charge is 0.410 e. The van der Waals surface area contributed by atoms with Gasteiger partial charge < -0.3 is 4.52 Å². The van der Waals surface area contributed by atoms with Gasteiger partial charge in [-0.3, -0.25) is 0 Å². The molecule has 1 N–H and O–H groups in total. The highest BCUT2D eigenvalue weighted by atomic mass is 35.5. The maximum atomic E-state index is 12.9. The van der Waals surface area contributed by atoms with Gasteiger partial charge in [-0.05, 0) is 19.1 Å². The van der Waals surface area contributed by atoms with Gasteiger partial charge >= 0.3 is 7.67 Å². The predicted octanol–water partition coefficient (Wildman–Crippen LogP) is 2.59. The number of para-hydroxylation sites is 1. The third-order valence-electron chi connectivity index (χ3n) is 2.19. The average Bonchev–Trinajstić information content (AvgIpc) is 3.01. The summed E-state index contributed by atoms with van der Waals surface area (Å²) in [5.74, 6) is 0.236. The molecule has 0 radical (unpaired) electrons. The van der Waals surface area contributed by atoms with E-state index in [4.69, 9.17) is 16.1 Å². The summed E-state index contributed by atoms with van der Waals surface area (Å²) in [6, 6.07) is 6.64. The fraction of sp³-hybridized carbons (Fsp3) is 0.0909. The van der Waals surface area contributed by atoms with E-state index in [0.29, 0.717) is 5.02 Å². The normalized spacial score (nSPS) is 14.4. The van der Waals surface area contributed by atoms with Crippen molar-refractivity contribution in [3.8, 4) is 5.75 Å². The molecule has 0 fully saturated rings. The number of hydrazone groups is 1. The predicted molar refractivity (Wildman–Crippen MR) is 80.9 cm³/mol. The summed E-state index contributed by atoms with van der Waals surface area (Å²) in [6.07, 6.45) is 5.21. The SMILES string of the molecule is C/C=N\C=N/NP(=O)(Oc1ccccc1Cl)n1cncn1. The summed E-state index contributed by atoms with van der Waals surface area (Å²) in [5, 5.41) is 10.2. The molecule has 21 heavy (non-hydrogen) atoms. The van der Waals surface area contributed by atoms with Crippen molar-refractivity contribution < 1.29 is 9.09 Å². The lowest BCUT2D eigenvalue weighted by molar-refractivity contribution is 0.451. The summed E-state index contributed by atoms with van der Waals surface area (Å²) >= 11 is 5.99. The fourth-order valence-corrected chi connectivity index (χ4v) is 2.74. The van der Waals surface area contributed by atoms with Gasteiger partial charge in [0, 0.05) is 6.21 Å². The quantitative estimate of drug-likeness (QED) is 0.381. The summed E-state index contributed by atoms with van der Waals surface area (Å²) in [6.45, 7) is 1.73. The molecule has 1 heterocycles. The van der Waals surface area contributed by atoms with Crippen molar-refractivity contribution in [2.24, 2.45) is 10.1 Å². The van der Waals surface area contributed by atoms with Crippen LogP contribution in [0.4, 0.5) is 0 Å². The Morgan fingerprint density at radius 2 is 2.29 bits per heavy atom. The maximum Gasteiger partial charge on any atom is 0.483 e. The highest BCUT2D eigenvalue weighted by Gasteiger charge is 2.29. The second-order valence-corrected chi connectivity index (χ2v) is 5.85. The summed E-state index contributed by atoms with van der Waals surface area (Å²) in [7, 11) is -3.68. The molecule has 1 aromatic heterocycles. The van der Waals surface area contributed by atoms with Crippen LogP contribution < -0.4 is 9.72 Å². The van der Waals surface area contributed by atoms with Gasteiger partial charge in [-0.15, -0.1) is 9.55 Å². The van der Waals surface area contributed by atoms with Crippen LogP contribution in [-0.2, 0) is 4.57 Å². The van der Waals surface area contributed by atoms with Gasteiger partial charge in [-0.2, -0.15) is 5.10 Å². The van der Waals surface area contributed by atoms with E-state index in [1.165, 1.54) is 25.2 Å². The van der Waals surface area contributed by atoms with E-state index in [2.05, 4.69) is 25.4 Å². The number of aromatic nitrogens is 3. The van der Waals surface area contributed by atoms with Crippen LogP contribution in [0.15, 0.2) is 47.0 Å². The van der Waals surface area contributed by atoms with Crippen molar-refractivity contribution in [3.63, 3.8) is 0 Å². The minimum absolute atomic E-state index is 0.236. The van der Waals surface area contributed by atoms with Gasteiger partial charge in [0.15, 0.2) is 0 Å².